The van der Waals surface area contributed by atoms with Crippen LogP contribution in [0.1, 0.15) is 34.3 Å². The molecular weight excluding hydrogens is 414 g/mol. The number of ketones is 1. The summed E-state index contributed by atoms with van der Waals surface area (Å²) in [6, 6.07) is 11.8. The number of benzene rings is 2. The molecule has 1 saturated heterocycles. The van der Waals surface area contributed by atoms with Crippen LogP contribution in [-0.4, -0.2) is 41.0 Å². The molecule has 1 heterocycles. The van der Waals surface area contributed by atoms with Gasteiger partial charge in [-0.15, -0.1) is 24.8 Å². The van der Waals surface area contributed by atoms with E-state index in [2.05, 4.69) is 11.0 Å². The first-order valence-corrected chi connectivity index (χ1v) is 9.61. The van der Waals surface area contributed by atoms with E-state index < -0.39 is 6.10 Å². The van der Waals surface area contributed by atoms with Gasteiger partial charge in [0.1, 0.15) is 5.82 Å². The van der Waals surface area contributed by atoms with E-state index in [0.29, 0.717) is 12.0 Å². The van der Waals surface area contributed by atoms with Crippen molar-refractivity contribution < 1.29 is 14.3 Å². The molecule has 4 rings (SSSR count). The van der Waals surface area contributed by atoms with Crippen LogP contribution in [0.5, 0.6) is 0 Å². The highest BCUT2D eigenvalue weighted by Gasteiger charge is 2.35. The van der Waals surface area contributed by atoms with Gasteiger partial charge in [0.05, 0.1) is 6.10 Å². The van der Waals surface area contributed by atoms with E-state index in [9.17, 15) is 14.3 Å². The van der Waals surface area contributed by atoms with Crippen LogP contribution in [0.15, 0.2) is 42.5 Å². The maximum Gasteiger partial charge on any atom is 0.166 e. The van der Waals surface area contributed by atoms with E-state index in [1.54, 1.807) is 12.1 Å². The summed E-state index contributed by atoms with van der Waals surface area (Å²) >= 11 is 0. The van der Waals surface area contributed by atoms with E-state index >= 15 is 0 Å². The number of carbonyl (C=O) groups excluding carboxylic acids is 1. The zero-order chi connectivity index (χ0) is 19.0. The van der Waals surface area contributed by atoms with Crippen LogP contribution < -0.4 is 5.73 Å². The Kier molecular flexibility index (Phi) is 8.06. The molecule has 2 aromatic rings. The number of hydrogen-bond donors (Lipinski definition) is 2. The molecule has 2 atom stereocenters. The third kappa shape index (κ3) is 4.92. The number of Topliss-reactive ketones (excluding diaryl/α,β-unsaturated/α-hetero) is 1. The Labute approximate surface area is 183 Å². The summed E-state index contributed by atoms with van der Waals surface area (Å²) in [5, 5.41) is 10.7. The minimum atomic E-state index is -0.438. The van der Waals surface area contributed by atoms with Gasteiger partial charge in [-0.3, -0.25) is 9.69 Å². The number of rotatable bonds is 3. The molecule has 0 bridgehead atoms. The largest absolute Gasteiger partial charge is 0.398 e. The topological polar surface area (TPSA) is 66.6 Å². The van der Waals surface area contributed by atoms with E-state index in [0.717, 1.165) is 43.6 Å². The Morgan fingerprint density at radius 1 is 1.03 bits per heavy atom. The third-order valence-corrected chi connectivity index (χ3v) is 6.09. The second-order valence-corrected chi connectivity index (χ2v) is 7.71. The lowest BCUT2D eigenvalue weighted by molar-refractivity contribution is 0.0240. The van der Waals surface area contributed by atoms with E-state index in [4.69, 9.17) is 5.73 Å². The van der Waals surface area contributed by atoms with Crippen molar-refractivity contribution in [3.05, 3.63) is 65.0 Å². The Balaban J connectivity index is 0.00000150. The molecule has 1 fully saturated rings. The molecule has 3 N–H and O–H groups in total. The number of anilines is 1. The Bertz CT molecular complexity index is 839. The van der Waals surface area contributed by atoms with Gasteiger partial charge in [0.15, 0.2) is 5.78 Å². The van der Waals surface area contributed by atoms with Gasteiger partial charge in [0, 0.05) is 29.6 Å². The van der Waals surface area contributed by atoms with Crippen molar-refractivity contribution in [3.8, 4) is 0 Å². The molecule has 0 amide bonds. The van der Waals surface area contributed by atoms with Gasteiger partial charge in [-0.2, -0.15) is 0 Å². The Hall–Kier alpha value is -1.66. The molecular formula is C22H27Cl2FN2O2. The predicted molar refractivity (Wildman–Crippen MR) is 118 cm³/mol. The lowest BCUT2D eigenvalue weighted by Crippen LogP contribution is -2.51. The van der Waals surface area contributed by atoms with Gasteiger partial charge in [0.2, 0.25) is 0 Å². The molecule has 7 heteroatoms. The van der Waals surface area contributed by atoms with Gasteiger partial charge < -0.3 is 10.8 Å². The minimum absolute atomic E-state index is 0. The standard InChI is InChI=1S/C22H25FN2O2.2ClH/c23-17-6-4-14(5-7-17)22(27)15-8-10-25(11-9-15)20-12-16-2-1-3-19(24)18(16)13-21(20)26;;/h1-7,15,20-21,26H,8-13,24H2;2*1H/t20-,21-;;/m1../s1. The first-order chi connectivity index (χ1) is 13.0. The molecule has 2 aliphatic rings. The van der Waals surface area contributed by atoms with Gasteiger partial charge in [-0.05, 0) is 73.8 Å². The summed E-state index contributed by atoms with van der Waals surface area (Å²) in [7, 11) is 0. The number of nitrogens with zero attached hydrogens (tertiary/aromatic N) is 1. The molecule has 2 aromatic carbocycles. The van der Waals surface area contributed by atoms with Crippen molar-refractivity contribution in [2.24, 2.45) is 5.92 Å². The summed E-state index contributed by atoms with van der Waals surface area (Å²) in [4.78, 5) is 15.0. The van der Waals surface area contributed by atoms with Gasteiger partial charge in [-0.1, -0.05) is 12.1 Å². The second-order valence-electron chi connectivity index (χ2n) is 7.71. The van der Waals surface area contributed by atoms with Crippen LogP contribution in [0, 0.1) is 11.7 Å². The van der Waals surface area contributed by atoms with E-state index in [1.165, 1.54) is 17.7 Å². The smallest absolute Gasteiger partial charge is 0.166 e. The molecule has 29 heavy (non-hydrogen) atoms. The average Bonchev–Trinajstić information content (AvgIpc) is 2.68. The van der Waals surface area contributed by atoms with Crippen LogP contribution in [0.2, 0.25) is 0 Å². The Morgan fingerprint density at radius 3 is 2.34 bits per heavy atom. The number of nitrogens with two attached hydrogens (primary N) is 1. The number of fused-ring (bicyclic) bond motifs is 1. The molecule has 0 saturated carbocycles. The fourth-order valence-corrected chi connectivity index (χ4v) is 4.52. The average molecular weight is 441 g/mol. The highest BCUT2D eigenvalue weighted by Crippen LogP contribution is 2.31. The molecule has 158 valence electrons. The van der Waals surface area contributed by atoms with Crippen molar-refractivity contribution in [3.63, 3.8) is 0 Å². The van der Waals surface area contributed by atoms with Crippen molar-refractivity contribution in [1.82, 2.24) is 4.90 Å². The summed E-state index contributed by atoms with van der Waals surface area (Å²) in [5.41, 5.74) is 9.69. The van der Waals surface area contributed by atoms with Gasteiger partial charge >= 0.3 is 0 Å². The summed E-state index contributed by atoms with van der Waals surface area (Å²) < 4.78 is 13.1. The monoisotopic (exact) mass is 440 g/mol. The quantitative estimate of drug-likeness (QED) is 0.564. The van der Waals surface area contributed by atoms with Crippen LogP contribution in [0.25, 0.3) is 0 Å². The maximum absolute atomic E-state index is 13.1. The molecule has 0 radical (unpaired) electrons. The molecule has 0 aromatic heterocycles. The maximum atomic E-state index is 13.1. The number of likely N-dealkylation sites (tertiary alicyclic amines) is 1. The summed E-state index contributed by atoms with van der Waals surface area (Å²) in [5.74, 6) is -0.263. The number of piperidine rings is 1. The second kappa shape index (κ2) is 9.90. The van der Waals surface area contributed by atoms with E-state index in [-0.39, 0.29) is 48.4 Å². The van der Waals surface area contributed by atoms with E-state index in [1.807, 2.05) is 12.1 Å². The summed E-state index contributed by atoms with van der Waals surface area (Å²) in [6.45, 7) is 1.58. The van der Waals surface area contributed by atoms with Gasteiger partial charge in [-0.25, -0.2) is 4.39 Å². The van der Waals surface area contributed by atoms with Crippen LogP contribution in [0.3, 0.4) is 0 Å². The number of aliphatic hydroxyl groups excluding tert-OH is 1. The van der Waals surface area contributed by atoms with Crippen LogP contribution in [0.4, 0.5) is 10.1 Å². The highest BCUT2D eigenvalue weighted by atomic mass is 35.5. The van der Waals surface area contributed by atoms with Crippen molar-refractivity contribution in [2.45, 2.75) is 37.8 Å². The number of halogens is 3. The number of aliphatic hydroxyl groups is 1. The fourth-order valence-electron chi connectivity index (χ4n) is 4.52. The number of nitrogen functional groups attached to an aromatic ring is 1. The minimum Gasteiger partial charge on any atom is -0.398 e. The molecule has 0 spiro atoms. The first kappa shape index (κ1) is 23.6. The lowest BCUT2D eigenvalue weighted by Gasteiger charge is -2.42. The van der Waals surface area contributed by atoms with Crippen molar-refractivity contribution in [1.29, 1.82) is 0 Å². The molecule has 1 aliphatic heterocycles. The fraction of sp³-hybridized carbons (Fsp3) is 0.409. The van der Waals surface area contributed by atoms with Crippen LogP contribution in [-0.2, 0) is 12.8 Å². The highest BCUT2D eigenvalue weighted by molar-refractivity contribution is 5.97. The van der Waals surface area contributed by atoms with Gasteiger partial charge in [0.25, 0.3) is 0 Å². The molecule has 4 nitrogen and oxygen atoms in total. The first-order valence-electron chi connectivity index (χ1n) is 9.61. The summed E-state index contributed by atoms with van der Waals surface area (Å²) in [6.07, 6.45) is 2.47. The third-order valence-electron chi connectivity index (χ3n) is 6.09. The number of hydrogen-bond acceptors (Lipinski definition) is 4. The van der Waals surface area contributed by atoms with Crippen LogP contribution >= 0.6 is 24.8 Å². The molecule has 1 aliphatic carbocycles. The van der Waals surface area contributed by atoms with Crippen molar-refractivity contribution in [2.75, 3.05) is 18.8 Å². The normalized spacial score (nSPS) is 22.1. The zero-order valence-corrected chi connectivity index (χ0v) is 17.7. The Morgan fingerprint density at radius 2 is 1.69 bits per heavy atom. The number of carbonyl (C=O) groups is 1. The molecule has 0 unspecified atom stereocenters. The lowest BCUT2D eigenvalue weighted by atomic mass is 9.82. The SMILES string of the molecule is Cl.Cl.Nc1cccc2c1C[C@@H](O)[C@H](N1CCC(C(=O)c3ccc(F)cc3)CC1)C2. The zero-order valence-electron chi connectivity index (χ0n) is 16.1. The van der Waals surface area contributed by atoms with Crippen molar-refractivity contribution >= 4 is 36.3 Å². The predicted octanol–water partition coefficient (Wildman–Crippen LogP) is 3.67.